The van der Waals surface area contributed by atoms with Crippen molar-refractivity contribution in [2.24, 2.45) is 0 Å². The minimum atomic E-state index is -0.158. The van der Waals surface area contributed by atoms with E-state index in [0.29, 0.717) is 5.76 Å². The molecule has 0 saturated carbocycles. The van der Waals surface area contributed by atoms with E-state index >= 15 is 0 Å². The van der Waals surface area contributed by atoms with Gasteiger partial charge in [-0.2, -0.15) is 0 Å². The number of nitrogens with zero attached hydrogens (tertiary/aromatic N) is 2. The summed E-state index contributed by atoms with van der Waals surface area (Å²) in [7, 11) is 0. The lowest BCUT2D eigenvalue weighted by molar-refractivity contribution is 0.0911. The SMILES string of the molecule is CCC(NC(=O)c1ccco1)C1=CCCN(Cc2ccccn2)C1. The average molecular weight is 325 g/mol. The Morgan fingerprint density at radius 1 is 1.38 bits per heavy atom. The Hall–Kier alpha value is -2.40. The van der Waals surface area contributed by atoms with Crippen LogP contribution in [0.1, 0.15) is 36.0 Å². The molecule has 0 spiro atoms. The van der Waals surface area contributed by atoms with Crippen molar-refractivity contribution >= 4 is 5.91 Å². The maximum Gasteiger partial charge on any atom is 0.287 e. The Kier molecular flexibility index (Phi) is 5.43. The third kappa shape index (κ3) is 4.11. The zero-order chi connectivity index (χ0) is 16.8. The molecule has 3 heterocycles. The summed E-state index contributed by atoms with van der Waals surface area (Å²) in [5.74, 6) is 0.199. The molecule has 1 N–H and O–H groups in total. The molecule has 1 aliphatic heterocycles. The van der Waals surface area contributed by atoms with E-state index in [1.807, 2.05) is 24.4 Å². The standard InChI is InChI=1S/C19H23N3O2/c1-2-17(21-19(23)18-9-6-12-24-18)15-7-5-11-22(13-15)14-16-8-3-4-10-20-16/h3-4,6-10,12,17H,2,5,11,13-14H2,1H3,(H,21,23). The van der Waals surface area contributed by atoms with Crippen molar-refractivity contribution < 1.29 is 9.21 Å². The van der Waals surface area contributed by atoms with Gasteiger partial charge in [-0.05, 0) is 42.7 Å². The van der Waals surface area contributed by atoms with Crippen molar-refractivity contribution in [1.82, 2.24) is 15.2 Å². The van der Waals surface area contributed by atoms with Crippen LogP contribution in [0.4, 0.5) is 0 Å². The van der Waals surface area contributed by atoms with E-state index in [9.17, 15) is 4.79 Å². The van der Waals surface area contributed by atoms with Crippen molar-refractivity contribution in [2.75, 3.05) is 13.1 Å². The maximum absolute atomic E-state index is 12.2. The second-order valence-corrected chi connectivity index (χ2v) is 6.01. The van der Waals surface area contributed by atoms with Crippen LogP contribution in [0.3, 0.4) is 0 Å². The monoisotopic (exact) mass is 325 g/mol. The van der Waals surface area contributed by atoms with Gasteiger partial charge in [-0.25, -0.2) is 0 Å². The summed E-state index contributed by atoms with van der Waals surface area (Å²) < 4.78 is 5.18. The van der Waals surface area contributed by atoms with Crippen molar-refractivity contribution in [1.29, 1.82) is 0 Å². The summed E-state index contributed by atoms with van der Waals surface area (Å²) in [5.41, 5.74) is 2.34. The first-order chi connectivity index (χ1) is 11.8. The lowest BCUT2D eigenvalue weighted by Gasteiger charge is -2.31. The van der Waals surface area contributed by atoms with Crippen LogP contribution in [-0.2, 0) is 6.54 Å². The Morgan fingerprint density at radius 3 is 3.00 bits per heavy atom. The van der Waals surface area contributed by atoms with Crippen molar-refractivity contribution in [3.05, 3.63) is 65.9 Å². The first-order valence-corrected chi connectivity index (χ1v) is 8.42. The van der Waals surface area contributed by atoms with Crippen LogP contribution in [0.25, 0.3) is 0 Å². The zero-order valence-electron chi connectivity index (χ0n) is 13.9. The van der Waals surface area contributed by atoms with Crippen molar-refractivity contribution in [3.63, 3.8) is 0 Å². The van der Waals surface area contributed by atoms with Gasteiger partial charge < -0.3 is 9.73 Å². The highest BCUT2D eigenvalue weighted by molar-refractivity contribution is 5.91. The van der Waals surface area contributed by atoms with Crippen molar-refractivity contribution in [3.8, 4) is 0 Å². The second-order valence-electron chi connectivity index (χ2n) is 6.01. The number of carbonyl (C=O) groups is 1. The molecule has 5 nitrogen and oxygen atoms in total. The Balaban J connectivity index is 1.61. The van der Waals surface area contributed by atoms with Gasteiger partial charge in [0.05, 0.1) is 18.0 Å². The van der Waals surface area contributed by atoms with Gasteiger partial charge in [0.1, 0.15) is 0 Å². The quantitative estimate of drug-likeness (QED) is 0.830. The van der Waals surface area contributed by atoms with Gasteiger partial charge in [0.15, 0.2) is 5.76 Å². The van der Waals surface area contributed by atoms with Gasteiger partial charge in [-0.15, -0.1) is 0 Å². The summed E-state index contributed by atoms with van der Waals surface area (Å²) in [6.07, 6.45) is 7.45. The fraction of sp³-hybridized carbons (Fsp3) is 0.368. The Labute approximate surface area is 142 Å². The predicted molar refractivity (Wildman–Crippen MR) is 92.5 cm³/mol. The van der Waals surface area contributed by atoms with Gasteiger partial charge in [0.25, 0.3) is 5.91 Å². The molecular formula is C19H23N3O2. The van der Waals surface area contributed by atoms with Crippen LogP contribution in [-0.4, -0.2) is 34.9 Å². The van der Waals surface area contributed by atoms with Crippen LogP contribution in [0.2, 0.25) is 0 Å². The molecule has 2 aromatic heterocycles. The van der Waals surface area contributed by atoms with E-state index in [1.165, 1.54) is 11.8 Å². The third-order valence-corrected chi connectivity index (χ3v) is 4.28. The number of hydrogen-bond acceptors (Lipinski definition) is 4. The number of hydrogen-bond donors (Lipinski definition) is 1. The number of furan rings is 1. The highest BCUT2D eigenvalue weighted by atomic mass is 16.3. The van der Waals surface area contributed by atoms with Crippen LogP contribution in [0, 0.1) is 0 Å². The maximum atomic E-state index is 12.2. The Bertz CT molecular complexity index is 680. The smallest absolute Gasteiger partial charge is 0.287 e. The predicted octanol–water partition coefficient (Wildman–Crippen LogP) is 3.02. The molecule has 1 unspecified atom stereocenters. The van der Waals surface area contributed by atoms with Crippen molar-refractivity contribution in [2.45, 2.75) is 32.4 Å². The molecule has 24 heavy (non-hydrogen) atoms. The number of pyridine rings is 1. The summed E-state index contributed by atoms with van der Waals surface area (Å²) in [4.78, 5) is 19.0. The molecule has 1 aliphatic rings. The molecule has 2 aromatic rings. The van der Waals surface area contributed by atoms with Crippen LogP contribution >= 0.6 is 0 Å². The number of rotatable bonds is 6. The fourth-order valence-corrected chi connectivity index (χ4v) is 3.04. The second kappa shape index (κ2) is 7.93. The molecule has 0 bridgehead atoms. The van der Waals surface area contributed by atoms with Gasteiger partial charge >= 0.3 is 0 Å². The highest BCUT2D eigenvalue weighted by Crippen LogP contribution is 2.17. The van der Waals surface area contributed by atoms with Crippen LogP contribution in [0.15, 0.2) is 58.9 Å². The number of nitrogens with one attached hydrogen (secondary N) is 1. The van der Waals surface area contributed by atoms with E-state index in [-0.39, 0.29) is 11.9 Å². The summed E-state index contributed by atoms with van der Waals surface area (Å²) in [6, 6.07) is 9.45. The topological polar surface area (TPSA) is 58.4 Å². The number of aromatic nitrogens is 1. The third-order valence-electron chi connectivity index (χ3n) is 4.28. The van der Waals surface area contributed by atoms with Gasteiger partial charge in [-0.3, -0.25) is 14.7 Å². The number of carbonyl (C=O) groups excluding carboxylic acids is 1. The zero-order valence-corrected chi connectivity index (χ0v) is 13.9. The van der Waals surface area contributed by atoms with E-state index in [1.54, 1.807) is 12.1 Å². The highest BCUT2D eigenvalue weighted by Gasteiger charge is 2.22. The first-order valence-electron chi connectivity index (χ1n) is 8.42. The Morgan fingerprint density at radius 2 is 2.29 bits per heavy atom. The average Bonchev–Trinajstić information content (AvgIpc) is 3.15. The van der Waals surface area contributed by atoms with Gasteiger partial charge in [0, 0.05) is 25.8 Å². The van der Waals surface area contributed by atoms with E-state index < -0.39 is 0 Å². The molecule has 0 aliphatic carbocycles. The molecule has 0 saturated heterocycles. The van der Waals surface area contributed by atoms with Gasteiger partial charge in [0.2, 0.25) is 0 Å². The molecule has 0 aromatic carbocycles. The molecule has 3 rings (SSSR count). The summed E-state index contributed by atoms with van der Waals surface area (Å²) in [5, 5.41) is 3.08. The minimum absolute atomic E-state index is 0.0362. The van der Waals surface area contributed by atoms with E-state index in [4.69, 9.17) is 4.42 Å². The first kappa shape index (κ1) is 16.5. The lowest BCUT2D eigenvalue weighted by Crippen LogP contribution is -2.41. The van der Waals surface area contributed by atoms with E-state index in [2.05, 4.69) is 28.2 Å². The summed E-state index contributed by atoms with van der Waals surface area (Å²) >= 11 is 0. The molecule has 1 atom stereocenters. The minimum Gasteiger partial charge on any atom is -0.459 e. The number of amides is 1. The molecule has 1 amide bonds. The van der Waals surface area contributed by atoms with Crippen LogP contribution < -0.4 is 5.32 Å². The lowest BCUT2D eigenvalue weighted by atomic mass is 9.99. The van der Waals surface area contributed by atoms with E-state index in [0.717, 1.165) is 38.2 Å². The molecule has 126 valence electrons. The molecular weight excluding hydrogens is 302 g/mol. The summed E-state index contributed by atoms with van der Waals surface area (Å²) in [6.45, 7) is 4.79. The molecule has 0 fully saturated rings. The normalized spacial score (nSPS) is 16.5. The van der Waals surface area contributed by atoms with Crippen LogP contribution in [0.5, 0.6) is 0 Å². The molecule has 5 heteroatoms. The largest absolute Gasteiger partial charge is 0.459 e. The van der Waals surface area contributed by atoms with Gasteiger partial charge in [-0.1, -0.05) is 19.1 Å². The molecule has 0 radical (unpaired) electrons. The fourth-order valence-electron chi connectivity index (χ4n) is 3.04.